The molecule has 1 rings (SSSR count). The molecule has 0 aromatic carbocycles. The Morgan fingerprint density at radius 3 is 2.50 bits per heavy atom. The van der Waals surface area contributed by atoms with E-state index < -0.39 is 41.1 Å². The van der Waals surface area contributed by atoms with Gasteiger partial charge < -0.3 is 4.74 Å². The first kappa shape index (κ1) is 15.8. The molecule has 1 aromatic heterocycles. The van der Waals surface area contributed by atoms with Gasteiger partial charge in [0.05, 0.1) is 17.7 Å². The Kier molecular flexibility index (Phi) is 4.60. The zero-order chi connectivity index (χ0) is 15.5. The Labute approximate surface area is 109 Å². The number of hydrogen-bond acceptors (Lipinski definition) is 4. The Balaban J connectivity index is 3.56. The molecule has 0 fully saturated rings. The van der Waals surface area contributed by atoms with Gasteiger partial charge in [-0.05, 0) is 13.0 Å². The van der Waals surface area contributed by atoms with E-state index in [9.17, 15) is 26.7 Å². The highest BCUT2D eigenvalue weighted by Crippen LogP contribution is 2.36. The van der Waals surface area contributed by atoms with Crippen molar-refractivity contribution in [2.45, 2.75) is 19.5 Å². The van der Waals surface area contributed by atoms with Crippen molar-refractivity contribution in [1.29, 1.82) is 5.26 Å². The molecular weight excluding hydrogens is 287 g/mol. The number of rotatable bonds is 3. The van der Waals surface area contributed by atoms with Crippen molar-refractivity contribution >= 4 is 5.97 Å². The highest BCUT2D eigenvalue weighted by atomic mass is 19.4. The summed E-state index contributed by atoms with van der Waals surface area (Å²) in [6, 6.07) is 1.45. The number of hydrogen-bond donors (Lipinski definition) is 0. The molecule has 0 N–H and O–H groups in total. The van der Waals surface area contributed by atoms with E-state index in [4.69, 9.17) is 5.26 Å². The molecule has 0 aliphatic carbocycles. The van der Waals surface area contributed by atoms with Gasteiger partial charge in [0, 0.05) is 0 Å². The normalized spacial score (nSPS) is 11.3. The molecule has 0 spiro atoms. The maximum Gasteiger partial charge on any atom is 0.418 e. The van der Waals surface area contributed by atoms with Crippen LogP contribution in [0, 0.1) is 11.3 Å². The van der Waals surface area contributed by atoms with E-state index in [1.807, 2.05) is 0 Å². The van der Waals surface area contributed by atoms with E-state index >= 15 is 0 Å². The molecule has 0 saturated carbocycles. The maximum atomic E-state index is 12.7. The Morgan fingerprint density at radius 2 is 2.10 bits per heavy atom. The van der Waals surface area contributed by atoms with Crippen LogP contribution in [-0.2, 0) is 10.9 Å². The summed E-state index contributed by atoms with van der Waals surface area (Å²) >= 11 is 0. The quantitative estimate of drug-likeness (QED) is 0.635. The molecule has 0 unspecified atom stereocenters. The van der Waals surface area contributed by atoms with Gasteiger partial charge in [-0.1, -0.05) is 0 Å². The number of pyridine rings is 1. The SMILES string of the molecule is CCOC(=O)c1cc(C(F)(F)F)c(C(F)F)nc1C#N. The summed E-state index contributed by atoms with van der Waals surface area (Å²) in [5, 5.41) is 8.69. The number of nitriles is 1. The number of esters is 1. The van der Waals surface area contributed by atoms with Gasteiger partial charge in [0.25, 0.3) is 6.43 Å². The van der Waals surface area contributed by atoms with Crippen molar-refractivity contribution in [3.63, 3.8) is 0 Å². The minimum Gasteiger partial charge on any atom is -0.462 e. The zero-order valence-electron chi connectivity index (χ0n) is 9.96. The van der Waals surface area contributed by atoms with E-state index in [-0.39, 0.29) is 12.7 Å². The molecule has 108 valence electrons. The Bertz CT molecular complexity index is 563. The second-order valence-electron chi connectivity index (χ2n) is 3.45. The van der Waals surface area contributed by atoms with Gasteiger partial charge in [-0.25, -0.2) is 18.6 Å². The standard InChI is InChI=1S/C11H7F5N2O2/c1-2-20-10(19)5-3-6(11(14,15)16)8(9(12)13)18-7(5)4-17/h3,9H,2H2,1H3. The van der Waals surface area contributed by atoms with Crippen LogP contribution >= 0.6 is 0 Å². The molecular formula is C11H7F5N2O2. The number of alkyl halides is 5. The summed E-state index contributed by atoms with van der Waals surface area (Å²) < 4.78 is 67.6. The minimum absolute atomic E-state index is 0.151. The Morgan fingerprint density at radius 1 is 1.50 bits per heavy atom. The van der Waals surface area contributed by atoms with Crippen LogP contribution in [-0.4, -0.2) is 17.6 Å². The molecule has 0 bridgehead atoms. The molecule has 20 heavy (non-hydrogen) atoms. The lowest BCUT2D eigenvalue weighted by Crippen LogP contribution is -2.17. The van der Waals surface area contributed by atoms with Crippen LogP contribution in [0.5, 0.6) is 0 Å². The lowest BCUT2D eigenvalue weighted by Gasteiger charge is -2.13. The van der Waals surface area contributed by atoms with Crippen molar-refractivity contribution < 1.29 is 31.5 Å². The number of aromatic nitrogens is 1. The van der Waals surface area contributed by atoms with Crippen molar-refractivity contribution in [1.82, 2.24) is 4.98 Å². The third kappa shape index (κ3) is 3.20. The van der Waals surface area contributed by atoms with Crippen LogP contribution in [0.2, 0.25) is 0 Å². The number of carbonyl (C=O) groups is 1. The highest BCUT2D eigenvalue weighted by molar-refractivity contribution is 5.91. The van der Waals surface area contributed by atoms with E-state index in [0.717, 1.165) is 0 Å². The van der Waals surface area contributed by atoms with E-state index in [0.29, 0.717) is 0 Å². The molecule has 9 heteroatoms. The fourth-order valence-corrected chi connectivity index (χ4v) is 1.37. The third-order valence-electron chi connectivity index (χ3n) is 2.17. The van der Waals surface area contributed by atoms with Gasteiger partial charge in [0.1, 0.15) is 11.8 Å². The molecule has 0 aliphatic heterocycles. The average Bonchev–Trinajstić information content (AvgIpc) is 2.36. The predicted molar refractivity (Wildman–Crippen MR) is 54.9 cm³/mol. The fourth-order valence-electron chi connectivity index (χ4n) is 1.37. The number of nitrogens with zero attached hydrogens (tertiary/aromatic N) is 2. The minimum atomic E-state index is -5.13. The van der Waals surface area contributed by atoms with Gasteiger partial charge in [0.2, 0.25) is 0 Å². The first-order chi connectivity index (χ1) is 9.22. The van der Waals surface area contributed by atoms with E-state index in [1.54, 1.807) is 0 Å². The fraction of sp³-hybridized carbons (Fsp3) is 0.364. The third-order valence-corrected chi connectivity index (χ3v) is 2.17. The highest BCUT2D eigenvalue weighted by Gasteiger charge is 2.38. The maximum absolute atomic E-state index is 12.7. The summed E-state index contributed by atoms with van der Waals surface area (Å²) in [7, 11) is 0. The number of ether oxygens (including phenoxy) is 1. The van der Waals surface area contributed by atoms with Gasteiger partial charge >= 0.3 is 12.1 Å². The second-order valence-corrected chi connectivity index (χ2v) is 3.45. The molecule has 1 aromatic rings. The molecule has 0 amide bonds. The monoisotopic (exact) mass is 294 g/mol. The summed E-state index contributed by atoms with van der Waals surface area (Å²) in [4.78, 5) is 14.3. The molecule has 0 atom stereocenters. The summed E-state index contributed by atoms with van der Waals surface area (Å²) in [6.45, 7) is 1.25. The topological polar surface area (TPSA) is 63.0 Å². The predicted octanol–water partition coefficient (Wildman–Crippen LogP) is 3.09. The molecule has 0 aliphatic rings. The second kappa shape index (κ2) is 5.81. The first-order valence-electron chi connectivity index (χ1n) is 5.19. The van der Waals surface area contributed by atoms with Crippen LogP contribution in [0.3, 0.4) is 0 Å². The molecule has 0 saturated heterocycles. The lowest BCUT2D eigenvalue weighted by molar-refractivity contribution is -0.140. The Hall–Kier alpha value is -2.24. The van der Waals surface area contributed by atoms with Crippen molar-refractivity contribution in [3.05, 3.63) is 28.6 Å². The summed E-state index contributed by atoms with van der Waals surface area (Å²) in [5.41, 5.74) is -5.01. The van der Waals surface area contributed by atoms with Crippen molar-refractivity contribution in [2.75, 3.05) is 6.61 Å². The largest absolute Gasteiger partial charge is 0.462 e. The van der Waals surface area contributed by atoms with Crippen molar-refractivity contribution in [2.24, 2.45) is 0 Å². The van der Waals surface area contributed by atoms with Crippen LogP contribution in [0.1, 0.15) is 40.7 Å². The van der Waals surface area contributed by atoms with Crippen LogP contribution < -0.4 is 0 Å². The van der Waals surface area contributed by atoms with Gasteiger partial charge in [-0.2, -0.15) is 18.4 Å². The molecule has 0 radical (unpaired) electrons. The average molecular weight is 294 g/mol. The smallest absolute Gasteiger partial charge is 0.418 e. The van der Waals surface area contributed by atoms with Crippen LogP contribution in [0.4, 0.5) is 22.0 Å². The lowest BCUT2D eigenvalue weighted by atomic mass is 10.1. The van der Waals surface area contributed by atoms with Gasteiger partial charge in [-0.3, -0.25) is 0 Å². The van der Waals surface area contributed by atoms with E-state index in [2.05, 4.69) is 9.72 Å². The van der Waals surface area contributed by atoms with Crippen LogP contribution in [0.15, 0.2) is 6.07 Å². The number of carbonyl (C=O) groups excluding carboxylic acids is 1. The van der Waals surface area contributed by atoms with E-state index in [1.165, 1.54) is 13.0 Å². The van der Waals surface area contributed by atoms with Gasteiger partial charge in [0.15, 0.2) is 5.69 Å². The summed E-state index contributed by atoms with van der Waals surface area (Å²) in [5.74, 6) is -1.23. The first-order valence-corrected chi connectivity index (χ1v) is 5.19. The van der Waals surface area contributed by atoms with Crippen LogP contribution in [0.25, 0.3) is 0 Å². The van der Waals surface area contributed by atoms with Crippen molar-refractivity contribution in [3.8, 4) is 6.07 Å². The number of halogens is 5. The van der Waals surface area contributed by atoms with Gasteiger partial charge in [-0.15, -0.1) is 0 Å². The zero-order valence-corrected chi connectivity index (χ0v) is 9.96. The molecule has 1 heterocycles. The molecule has 4 nitrogen and oxygen atoms in total. The summed E-state index contributed by atoms with van der Waals surface area (Å²) in [6.07, 6.45) is -8.66.